The maximum Gasteiger partial charge on any atom is 0.303 e. The molecule has 0 aliphatic heterocycles. The summed E-state index contributed by atoms with van der Waals surface area (Å²) < 4.78 is 5.80. The number of Topliss-reactive ketones (excluding diaryl/α,β-unsaturated/α-hetero) is 1. The smallest absolute Gasteiger partial charge is 0.303 e. The van der Waals surface area contributed by atoms with Crippen LogP contribution in [0.5, 0.6) is 0 Å². The van der Waals surface area contributed by atoms with Crippen LogP contribution in [0.1, 0.15) is 120 Å². The summed E-state index contributed by atoms with van der Waals surface area (Å²) in [7, 11) is 1.82. The van der Waals surface area contributed by atoms with Gasteiger partial charge in [-0.25, -0.2) is 4.98 Å². The number of aromatic nitrogens is 1. The van der Waals surface area contributed by atoms with E-state index < -0.39 is 12.1 Å². The minimum absolute atomic E-state index is 0.00718. The summed E-state index contributed by atoms with van der Waals surface area (Å²) in [5, 5.41) is 5.43. The van der Waals surface area contributed by atoms with Crippen molar-refractivity contribution in [3.05, 3.63) is 52.0 Å². The van der Waals surface area contributed by atoms with Crippen LogP contribution >= 0.6 is 11.3 Å². The Hall–Kier alpha value is -3.07. The van der Waals surface area contributed by atoms with Gasteiger partial charge in [-0.05, 0) is 73.7 Å². The van der Waals surface area contributed by atoms with Crippen LogP contribution in [0, 0.1) is 34.5 Å². The molecule has 2 bridgehead atoms. The average Bonchev–Trinajstić information content (AvgIpc) is 3.69. The van der Waals surface area contributed by atoms with E-state index in [0.29, 0.717) is 34.9 Å². The van der Waals surface area contributed by atoms with Gasteiger partial charge in [0.05, 0.1) is 0 Å². The third-order valence-corrected chi connectivity index (χ3v) is 11.6. The lowest BCUT2D eigenvalue weighted by Gasteiger charge is -2.68. The summed E-state index contributed by atoms with van der Waals surface area (Å²) in [5.41, 5.74) is 1.62. The number of amides is 2. The number of ketones is 1. The molecule has 4 saturated carbocycles. The first-order chi connectivity index (χ1) is 22.2. The van der Waals surface area contributed by atoms with E-state index in [1.54, 1.807) is 10.3 Å². The van der Waals surface area contributed by atoms with E-state index in [1.807, 2.05) is 25.2 Å². The number of carbonyl (C=O) groups excluding carboxylic acids is 4. The van der Waals surface area contributed by atoms with Gasteiger partial charge in [0.15, 0.2) is 6.10 Å². The second-order valence-corrected chi connectivity index (χ2v) is 16.7. The lowest BCUT2D eigenvalue weighted by Crippen LogP contribution is -2.64. The lowest BCUT2D eigenvalue weighted by atomic mass is 9.34. The fourth-order valence-electron chi connectivity index (χ4n) is 8.34. The summed E-state index contributed by atoms with van der Waals surface area (Å²) in [6, 6.07) is 9.83. The maximum absolute atomic E-state index is 14.1. The third-order valence-electron chi connectivity index (χ3n) is 10.6. The van der Waals surface area contributed by atoms with Gasteiger partial charge in [0.1, 0.15) is 16.5 Å². The summed E-state index contributed by atoms with van der Waals surface area (Å²) in [4.78, 5) is 59.6. The lowest BCUT2D eigenvalue weighted by molar-refractivity contribution is -0.198. The molecular formula is C38H53N3O5S. The zero-order chi connectivity index (χ0) is 34.1. The van der Waals surface area contributed by atoms with Gasteiger partial charge >= 0.3 is 5.97 Å². The number of thiazole rings is 1. The second kappa shape index (κ2) is 14.2. The van der Waals surface area contributed by atoms with Crippen LogP contribution in [0.4, 0.5) is 0 Å². The van der Waals surface area contributed by atoms with Gasteiger partial charge in [-0.3, -0.25) is 19.2 Å². The molecule has 0 spiro atoms. The van der Waals surface area contributed by atoms with E-state index >= 15 is 0 Å². The van der Waals surface area contributed by atoms with Crippen LogP contribution in [0.3, 0.4) is 0 Å². The normalized spacial score (nSPS) is 24.0. The molecule has 1 heterocycles. The fourth-order valence-corrected chi connectivity index (χ4v) is 9.18. The highest BCUT2D eigenvalue weighted by Gasteiger charge is 2.68. The quantitative estimate of drug-likeness (QED) is 0.180. The van der Waals surface area contributed by atoms with E-state index in [2.05, 4.69) is 57.1 Å². The number of esters is 1. The molecule has 2 aromatic rings. The highest BCUT2D eigenvalue weighted by atomic mass is 32.1. The first-order valence-corrected chi connectivity index (χ1v) is 18.3. The molecule has 1 unspecified atom stereocenters. The van der Waals surface area contributed by atoms with Gasteiger partial charge in [-0.1, -0.05) is 65.0 Å². The molecule has 9 heteroatoms. The Bertz CT molecular complexity index is 1430. The standard InChI is InChI=1S/C38H53N3O5S/c1-23(2)15-28(16-26-11-9-8-10-12-26)39-34(44)30-19-47-35(40-30)32(46-25(5)42)18-31(24(3)4)41(7)36(45)29(27-13-14-27)17-33(43)38-20-37(6,21-38)22-38/h8-12,19,23-24,27-29,31-32H,13-18,20-22H2,1-7H3,(H,39,44)/t28-,29?,31-,32-,37?,38?/m1/s1. The van der Waals surface area contributed by atoms with Crippen LogP contribution in [-0.4, -0.2) is 52.6 Å². The van der Waals surface area contributed by atoms with E-state index in [1.165, 1.54) is 18.3 Å². The molecular weight excluding hydrogens is 611 g/mol. The highest BCUT2D eigenvalue weighted by Crippen LogP contribution is 2.73. The molecule has 1 N–H and O–H groups in total. The Morgan fingerprint density at radius 1 is 1.04 bits per heavy atom. The molecule has 4 fully saturated rings. The van der Waals surface area contributed by atoms with Gasteiger partial charge in [0.25, 0.3) is 5.91 Å². The third kappa shape index (κ3) is 8.33. The molecule has 4 aliphatic rings. The van der Waals surface area contributed by atoms with Crippen molar-refractivity contribution in [2.45, 2.75) is 118 Å². The van der Waals surface area contributed by atoms with E-state index in [4.69, 9.17) is 4.74 Å². The van der Waals surface area contributed by atoms with Gasteiger partial charge in [0, 0.05) is 55.6 Å². The monoisotopic (exact) mass is 663 g/mol. The number of nitrogens with zero attached hydrogens (tertiary/aromatic N) is 2. The Morgan fingerprint density at radius 2 is 1.70 bits per heavy atom. The number of benzene rings is 1. The van der Waals surface area contributed by atoms with E-state index in [-0.39, 0.29) is 52.8 Å². The Morgan fingerprint density at radius 3 is 2.26 bits per heavy atom. The SMILES string of the molecule is CC(=O)O[C@H](C[C@H](C(C)C)N(C)C(=O)C(CC(=O)C12CC(C)(C1)C2)C1CC1)c1nc(C(=O)N[C@@H](Cc2ccccc2)CC(C)C)cs1. The Labute approximate surface area is 284 Å². The minimum Gasteiger partial charge on any atom is -0.455 e. The van der Waals surface area contributed by atoms with Crippen molar-refractivity contribution < 1.29 is 23.9 Å². The molecule has 1 aromatic heterocycles. The molecule has 47 heavy (non-hydrogen) atoms. The van der Waals surface area contributed by atoms with Crippen molar-refractivity contribution in [2.24, 2.45) is 34.5 Å². The summed E-state index contributed by atoms with van der Waals surface area (Å²) in [6.07, 6.45) is 6.41. The first kappa shape index (κ1) is 35.2. The van der Waals surface area contributed by atoms with Crippen molar-refractivity contribution in [1.82, 2.24) is 15.2 Å². The van der Waals surface area contributed by atoms with Gasteiger partial charge < -0.3 is 15.0 Å². The topological polar surface area (TPSA) is 106 Å². The zero-order valence-corrected chi connectivity index (χ0v) is 30.0. The average molecular weight is 664 g/mol. The van der Waals surface area contributed by atoms with Gasteiger partial charge in [0.2, 0.25) is 5.91 Å². The number of nitrogens with one attached hydrogen (secondary N) is 1. The predicted octanol–water partition coefficient (Wildman–Crippen LogP) is 7.18. The maximum atomic E-state index is 14.1. The second-order valence-electron chi connectivity index (χ2n) is 15.8. The predicted molar refractivity (Wildman–Crippen MR) is 184 cm³/mol. The molecule has 256 valence electrons. The molecule has 8 nitrogen and oxygen atoms in total. The number of carbonyl (C=O) groups is 4. The van der Waals surface area contributed by atoms with Crippen LogP contribution in [0.25, 0.3) is 0 Å². The summed E-state index contributed by atoms with van der Waals surface area (Å²) in [6.45, 7) is 12.0. The Balaban J connectivity index is 1.27. The van der Waals surface area contributed by atoms with Gasteiger partial charge in [-0.2, -0.15) is 0 Å². The molecule has 2 amide bonds. The van der Waals surface area contributed by atoms with Crippen molar-refractivity contribution in [1.29, 1.82) is 0 Å². The van der Waals surface area contributed by atoms with Crippen LogP contribution in [0.2, 0.25) is 0 Å². The fraction of sp³-hybridized carbons (Fsp3) is 0.658. The molecule has 0 saturated heterocycles. The number of hydrogen-bond acceptors (Lipinski definition) is 7. The number of hydrogen-bond donors (Lipinski definition) is 1. The Kier molecular flexibility index (Phi) is 10.6. The van der Waals surface area contributed by atoms with Crippen molar-refractivity contribution >= 4 is 34.9 Å². The van der Waals surface area contributed by atoms with E-state index in [9.17, 15) is 19.2 Å². The summed E-state index contributed by atoms with van der Waals surface area (Å²) >= 11 is 1.29. The van der Waals surface area contributed by atoms with Crippen LogP contribution in [-0.2, 0) is 25.5 Å². The number of rotatable bonds is 17. The summed E-state index contributed by atoms with van der Waals surface area (Å²) in [5.74, 6) is 0.00919. The first-order valence-electron chi connectivity index (χ1n) is 17.5. The van der Waals surface area contributed by atoms with Crippen LogP contribution in [0.15, 0.2) is 35.7 Å². The van der Waals surface area contributed by atoms with Crippen molar-refractivity contribution in [3.63, 3.8) is 0 Å². The highest BCUT2D eigenvalue weighted by molar-refractivity contribution is 7.09. The molecule has 1 aromatic carbocycles. The molecule has 6 rings (SSSR count). The molecule has 4 atom stereocenters. The zero-order valence-electron chi connectivity index (χ0n) is 29.2. The van der Waals surface area contributed by atoms with Gasteiger partial charge in [-0.15, -0.1) is 11.3 Å². The van der Waals surface area contributed by atoms with E-state index in [0.717, 1.165) is 50.5 Å². The minimum atomic E-state index is -0.708. The van der Waals surface area contributed by atoms with Crippen molar-refractivity contribution in [2.75, 3.05) is 7.05 Å². The molecule has 4 aliphatic carbocycles. The van der Waals surface area contributed by atoms with Crippen molar-refractivity contribution in [3.8, 4) is 0 Å². The van der Waals surface area contributed by atoms with Crippen LogP contribution < -0.4 is 5.32 Å². The molecule has 0 radical (unpaired) electrons. The largest absolute Gasteiger partial charge is 0.455 e. The number of ether oxygens (including phenoxy) is 1.